The molecule has 0 aliphatic carbocycles. The van der Waals surface area contributed by atoms with Crippen molar-refractivity contribution in [1.29, 1.82) is 0 Å². The third-order valence-corrected chi connectivity index (χ3v) is 6.67. The topological polar surface area (TPSA) is 103 Å². The van der Waals surface area contributed by atoms with E-state index in [9.17, 15) is 4.79 Å². The summed E-state index contributed by atoms with van der Waals surface area (Å²) in [5.74, 6) is 1.34. The first-order valence-corrected chi connectivity index (χ1v) is 14.6. The number of benzene rings is 2. The second-order valence-electron chi connectivity index (χ2n) is 10.5. The number of rotatable bonds is 14. The van der Waals surface area contributed by atoms with E-state index in [1.165, 1.54) is 0 Å². The Balaban J connectivity index is 0.000000397. The zero-order chi connectivity index (χ0) is 29.3. The number of pyridine rings is 1. The van der Waals surface area contributed by atoms with Gasteiger partial charge in [0.1, 0.15) is 0 Å². The van der Waals surface area contributed by atoms with E-state index in [-0.39, 0.29) is 11.4 Å². The Kier molecular flexibility index (Phi) is 13.0. The molecule has 0 atom stereocenters. The molecule has 0 bridgehead atoms. The Morgan fingerprint density at radius 1 is 0.854 bits per heavy atom. The SMILES string of the molecule is CC(C)(CCCCOc1cc(-c2ccccc2)cc(-c2ccccc2)n1)c1nn[nH]n1.CCCCCC(=O)OCC. The highest BCUT2D eigenvalue weighted by molar-refractivity contribution is 5.71. The van der Waals surface area contributed by atoms with Gasteiger partial charge in [-0.05, 0) is 49.8 Å². The highest BCUT2D eigenvalue weighted by Gasteiger charge is 2.24. The van der Waals surface area contributed by atoms with Crippen molar-refractivity contribution in [3.05, 3.63) is 78.6 Å². The smallest absolute Gasteiger partial charge is 0.305 e. The summed E-state index contributed by atoms with van der Waals surface area (Å²) in [7, 11) is 0. The van der Waals surface area contributed by atoms with E-state index in [2.05, 4.69) is 71.7 Å². The average molecular weight is 558 g/mol. The van der Waals surface area contributed by atoms with Gasteiger partial charge in [-0.3, -0.25) is 4.79 Å². The van der Waals surface area contributed by atoms with Crippen LogP contribution in [0.15, 0.2) is 72.8 Å². The van der Waals surface area contributed by atoms with Crippen LogP contribution in [0, 0.1) is 0 Å². The van der Waals surface area contributed by atoms with Gasteiger partial charge in [0.25, 0.3) is 0 Å². The maximum atomic E-state index is 10.7. The number of hydrogen-bond acceptors (Lipinski definition) is 7. The van der Waals surface area contributed by atoms with Gasteiger partial charge in [0.2, 0.25) is 5.88 Å². The minimum atomic E-state index is -0.112. The molecule has 0 aliphatic rings. The van der Waals surface area contributed by atoms with Crippen LogP contribution in [0.1, 0.15) is 78.5 Å². The van der Waals surface area contributed by atoms with E-state index in [1.807, 2.05) is 49.4 Å². The highest BCUT2D eigenvalue weighted by Crippen LogP contribution is 2.29. The number of carbonyl (C=O) groups excluding carboxylic acids is 1. The molecular weight excluding hydrogens is 514 g/mol. The zero-order valence-electron chi connectivity index (χ0n) is 24.8. The molecule has 8 heteroatoms. The van der Waals surface area contributed by atoms with E-state index < -0.39 is 0 Å². The molecule has 0 spiro atoms. The third kappa shape index (κ3) is 10.8. The summed E-state index contributed by atoms with van der Waals surface area (Å²) in [5.41, 5.74) is 4.12. The van der Waals surface area contributed by atoms with Gasteiger partial charge in [-0.2, -0.15) is 5.21 Å². The van der Waals surface area contributed by atoms with Crippen molar-refractivity contribution in [2.75, 3.05) is 13.2 Å². The number of H-pyrrole nitrogens is 1. The minimum Gasteiger partial charge on any atom is -0.478 e. The maximum absolute atomic E-state index is 10.7. The quantitative estimate of drug-likeness (QED) is 0.126. The number of carbonyl (C=O) groups is 1. The lowest BCUT2D eigenvalue weighted by Crippen LogP contribution is -2.19. The average Bonchev–Trinajstić information content (AvgIpc) is 3.55. The van der Waals surface area contributed by atoms with Crippen molar-refractivity contribution < 1.29 is 14.3 Å². The Morgan fingerprint density at radius 3 is 2.20 bits per heavy atom. The van der Waals surface area contributed by atoms with Gasteiger partial charge in [-0.25, -0.2) is 4.98 Å². The lowest BCUT2D eigenvalue weighted by Gasteiger charge is -2.19. The number of aromatic nitrogens is 5. The van der Waals surface area contributed by atoms with Gasteiger partial charge in [-0.15, -0.1) is 10.2 Å². The first-order chi connectivity index (χ1) is 19.9. The van der Waals surface area contributed by atoms with E-state index >= 15 is 0 Å². The number of aromatic amines is 1. The normalized spacial score (nSPS) is 10.9. The summed E-state index contributed by atoms with van der Waals surface area (Å²) in [6.07, 6.45) is 6.72. The molecule has 0 amide bonds. The fraction of sp³-hybridized carbons (Fsp3) is 0.424. The van der Waals surface area contributed by atoms with Crippen LogP contribution in [0.25, 0.3) is 22.4 Å². The zero-order valence-corrected chi connectivity index (χ0v) is 24.8. The number of tetrazole rings is 1. The highest BCUT2D eigenvalue weighted by atomic mass is 16.5. The molecule has 4 aromatic rings. The molecule has 0 saturated carbocycles. The molecule has 2 heterocycles. The van der Waals surface area contributed by atoms with Crippen molar-refractivity contribution in [2.45, 2.75) is 78.1 Å². The van der Waals surface area contributed by atoms with E-state index in [0.717, 1.165) is 66.7 Å². The Bertz CT molecular complexity index is 1220. The number of esters is 1. The molecule has 0 fully saturated rings. The summed E-state index contributed by atoms with van der Waals surface area (Å²) >= 11 is 0. The lowest BCUT2D eigenvalue weighted by molar-refractivity contribution is -0.143. The first-order valence-electron chi connectivity index (χ1n) is 14.6. The van der Waals surface area contributed by atoms with E-state index in [1.54, 1.807) is 0 Å². The van der Waals surface area contributed by atoms with Gasteiger partial charge >= 0.3 is 5.97 Å². The van der Waals surface area contributed by atoms with Gasteiger partial charge < -0.3 is 9.47 Å². The molecule has 218 valence electrons. The van der Waals surface area contributed by atoms with Crippen LogP contribution in [0.4, 0.5) is 0 Å². The Hall–Kier alpha value is -4.07. The van der Waals surface area contributed by atoms with Crippen molar-refractivity contribution in [2.24, 2.45) is 0 Å². The maximum Gasteiger partial charge on any atom is 0.305 e. The van der Waals surface area contributed by atoms with E-state index in [4.69, 9.17) is 14.5 Å². The molecule has 0 saturated heterocycles. The number of ether oxygens (including phenoxy) is 2. The molecule has 2 aromatic heterocycles. The Labute approximate surface area is 243 Å². The molecule has 0 radical (unpaired) electrons. The van der Waals surface area contributed by atoms with Crippen molar-refractivity contribution in [3.8, 4) is 28.3 Å². The van der Waals surface area contributed by atoms with Gasteiger partial charge in [0.15, 0.2) is 5.82 Å². The van der Waals surface area contributed by atoms with Crippen LogP contribution < -0.4 is 4.74 Å². The molecule has 4 rings (SSSR count). The van der Waals surface area contributed by atoms with Crippen LogP contribution in [-0.2, 0) is 14.9 Å². The summed E-state index contributed by atoms with van der Waals surface area (Å²) < 4.78 is 10.8. The number of nitrogens with one attached hydrogen (secondary N) is 1. The van der Waals surface area contributed by atoms with Crippen molar-refractivity contribution in [3.63, 3.8) is 0 Å². The number of hydrogen-bond donors (Lipinski definition) is 1. The summed E-state index contributed by atoms with van der Waals surface area (Å²) in [6.45, 7) is 9.33. The molecular formula is C33H43N5O3. The predicted octanol–water partition coefficient (Wildman–Crippen LogP) is 7.59. The monoisotopic (exact) mass is 557 g/mol. The van der Waals surface area contributed by atoms with Gasteiger partial charge in [0, 0.05) is 23.5 Å². The largest absolute Gasteiger partial charge is 0.478 e. The minimum absolute atomic E-state index is 0.0593. The molecule has 41 heavy (non-hydrogen) atoms. The van der Waals surface area contributed by atoms with Crippen molar-refractivity contribution in [1.82, 2.24) is 25.6 Å². The van der Waals surface area contributed by atoms with Crippen molar-refractivity contribution >= 4 is 5.97 Å². The summed E-state index contributed by atoms with van der Waals surface area (Å²) in [6, 6.07) is 24.7. The predicted molar refractivity (Wildman–Crippen MR) is 162 cm³/mol. The summed E-state index contributed by atoms with van der Waals surface area (Å²) in [4.78, 5) is 15.5. The fourth-order valence-electron chi connectivity index (χ4n) is 4.29. The van der Waals surface area contributed by atoms with Crippen LogP contribution in [0.3, 0.4) is 0 Å². The fourth-order valence-corrected chi connectivity index (χ4v) is 4.29. The van der Waals surface area contributed by atoms with Crippen LogP contribution in [-0.4, -0.2) is 44.8 Å². The lowest BCUT2D eigenvalue weighted by atomic mass is 9.86. The number of unbranched alkanes of at least 4 members (excludes halogenated alkanes) is 3. The summed E-state index contributed by atoms with van der Waals surface area (Å²) in [5, 5.41) is 14.4. The molecule has 2 aromatic carbocycles. The molecule has 8 nitrogen and oxygen atoms in total. The van der Waals surface area contributed by atoms with Crippen LogP contribution >= 0.6 is 0 Å². The Morgan fingerprint density at radius 2 is 1.56 bits per heavy atom. The van der Waals surface area contributed by atoms with Gasteiger partial charge in [0.05, 0.1) is 18.9 Å². The van der Waals surface area contributed by atoms with Crippen LogP contribution in [0.5, 0.6) is 5.88 Å². The second kappa shape index (κ2) is 16.9. The second-order valence-corrected chi connectivity index (χ2v) is 10.5. The standard InChI is InChI=1S/C25H27N5O.C8H16O2/c1-25(2,24-27-29-30-28-24)15-9-10-16-31-23-18-21(19-11-5-3-6-12-19)17-22(26-23)20-13-7-4-8-14-20;1-3-5-6-7-8(9)10-4-2/h3-8,11-14,17-18H,9-10,15-16H2,1-2H3,(H,27,28,29,30);3-7H2,1-2H3. The number of nitrogens with zero attached hydrogens (tertiary/aromatic N) is 4. The van der Waals surface area contributed by atoms with Crippen LogP contribution in [0.2, 0.25) is 0 Å². The third-order valence-electron chi connectivity index (χ3n) is 6.67. The molecule has 0 aliphatic heterocycles. The first kappa shape index (κ1) is 31.5. The molecule has 0 unspecified atom stereocenters. The van der Waals surface area contributed by atoms with Gasteiger partial charge in [-0.1, -0.05) is 99.5 Å². The molecule has 1 N–H and O–H groups in total. The van der Waals surface area contributed by atoms with E-state index in [0.29, 0.717) is 25.5 Å².